The van der Waals surface area contributed by atoms with Gasteiger partial charge in [0.2, 0.25) is 5.91 Å². The third kappa shape index (κ3) is 3.85. The molecule has 2 amide bonds. The van der Waals surface area contributed by atoms with Gasteiger partial charge < -0.3 is 10.6 Å². The molecule has 1 saturated heterocycles. The molecule has 8 nitrogen and oxygen atoms in total. The third-order valence-corrected chi connectivity index (χ3v) is 5.38. The maximum atomic E-state index is 15.0. The highest BCUT2D eigenvalue weighted by molar-refractivity contribution is 5.91. The van der Waals surface area contributed by atoms with Crippen LogP contribution in [0.4, 0.5) is 14.6 Å². The Bertz CT molecular complexity index is 1000. The first-order valence-corrected chi connectivity index (χ1v) is 9.56. The van der Waals surface area contributed by atoms with Crippen molar-refractivity contribution < 1.29 is 18.4 Å². The highest BCUT2D eigenvalue weighted by atomic mass is 19.1. The number of hydrogen-bond acceptors (Lipinski definition) is 6. The number of nitrogens with zero attached hydrogens (tertiary/aromatic N) is 5. The van der Waals surface area contributed by atoms with Gasteiger partial charge in [-0.05, 0) is 24.1 Å². The fraction of sp³-hybridized carbons (Fsp3) is 0.350. The molecule has 0 aliphatic carbocycles. The van der Waals surface area contributed by atoms with Crippen LogP contribution in [0.5, 0.6) is 0 Å². The summed E-state index contributed by atoms with van der Waals surface area (Å²) >= 11 is 0. The lowest BCUT2D eigenvalue weighted by atomic mass is 9.92. The topological polar surface area (TPSA) is 105 Å². The fourth-order valence-corrected chi connectivity index (χ4v) is 3.83. The Hall–Kier alpha value is -3.43. The molecule has 0 bridgehead atoms. The van der Waals surface area contributed by atoms with Gasteiger partial charge in [-0.3, -0.25) is 9.59 Å². The maximum absolute atomic E-state index is 15.0. The van der Waals surface area contributed by atoms with Crippen LogP contribution in [0, 0.1) is 11.7 Å². The number of piperidine rings is 1. The van der Waals surface area contributed by atoms with Crippen LogP contribution in [0.25, 0.3) is 0 Å². The number of primary amides is 1. The lowest BCUT2D eigenvalue weighted by Gasteiger charge is -2.36. The molecule has 30 heavy (non-hydrogen) atoms. The van der Waals surface area contributed by atoms with E-state index < -0.39 is 35.8 Å². The minimum absolute atomic E-state index is 0.0398. The van der Waals surface area contributed by atoms with E-state index >= 15 is 4.39 Å². The van der Waals surface area contributed by atoms with Crippen molar-refractivity contribution in [2.45, 2.75) is 25.1 Å². The van der Waals surface area contributed by atoms with E-state index in [1.807, 2.05) is 0 Å². The number of benzene rings is 1. The van der Waals surface area contributed by atoms with Gasteiger partial charge in [0.25, 0.3) is 5.91 Å². The number of carbonyl (C=O) groups excluding carboxylic acids is 2. The van der Waals surface area contributed by atoms with E-state index in [1.54, 1.807) is 23.2 Å². The molecule has 0 spiro atoms. The van der Waals surface area contributed by atoms with Gasteiger partial charge in [-0.1, -0.05) is 12.1 Å². The van der Waals surface area contributed by atoms with Crippen molar-refractivity contribution in [3.63, 3.8) is 0 Å². The number of hydrogen-bond donors (Lipinski definition) is 1. The zero-order valence-electron chi connectivity index (χ0n) is 16.0. The maximum Gasteiger partial charge on any atom is 0.267 e. The predicted molar refractivity (Wildman–Crippen MR) is 105 cm³/mol. The van der Waals surface area contributed by atoms with Crippen LogP contribution in [0.1, 0.15) is 34.9 Å². The van der Waals surface area contributed by atoms with E-state index in [-0.39, 0.29) is 18.7 Å². The Morgan fingerprint density at radius 3 is 2.77 bits per heavy atom. The number of halogens is 2. The van der Waals surface area contributed by atoms with Crippen LogP contribution < -0.4 is 10.6 Å². The van der Waals surface area contributed by atoms with Crippen molar-refractivity contribution in [2.75, 3.05) is 18.0 Å². The van der Waals surface area contributed by atoms with E-state index in [9.17, 15) is 14.0 Å². The van der Waals surface area contributed by atoms with Crippen molar-refractivity contribution in [3.8, 4) is 0 Å². The summed E-state index contributed by atoms with van der Waals surface area (Å²) in [5.74, 6) is -2.01. The van der Waals surface area contributed by atoms with E-state index in [1.165, 1.54) is 29.5 Å². The average Bonchev–Trinajstić information content (AvgIpc) is 3.23. The Kier molecular flexibility index (Phi) is 5.39. The largest absolute Gasteiger partial charge is 0.364 e. The molecule has 1 aromatic carbocycles. The lowest BCUT2D eigenvalue weighted by molar-refractivity contribution is -0.140. The molecule has 156 valence electrons. The molecule has 2 N–H and O–H groups in total. The summed E-state index contributed by atoms with van der Waals surface area (Å²) in [6.07, 6.45) is 2.02. The molecule has 0 saturated carbocycles. The summed E-state index contributed by atoms with van der Waals surface area (Å²) in [5, 5.41) is 5.39. The number of aromatic nitrogens is 2. The molecule has 2 aliphatic heterocycles. The Labute approximate surface area is 171 Å². The van der Waals surface area contributed by atoms with Gasteiger partial charge >= 0.3 is 0 Å². The van der Waals surface area contributed by atoms with Gasteiger partial charge in [-0.15, -0.1) is 0 Å². The minimum atomic E-state index is -1.46. The summed E-state index contributed by atoms with van der Waals surface area (Å²) in [7, 11) is 0. The second-order valence-corrected chi connectivity index (χ2v) is 7.27. The van der Waals surface area contributed by atoms with Crippen LogP contribution >= 0.6 is 0 Å². The molecular weight excluding hydrogens is 394 g/mol. The van der Waals surface area contributed by atoms with E-state index in [0.717, 1.165) is 0 Å². The fourth-order valence-electron chi connectivity index (χ4n) is 3.83. The van der Waals surface area contributed by atoms with Crippen molar-refractivity contribution in [1.29, 1.82) is 0 Å². The highest BCUT2D eigenvalue weighted by Gasteiger charge is 2.40. The van der Waals surface area contributed by atoms with E-state index in [0.29, 0.717) is 24.3 Å². The molecular formula is C20H20F2N6O2. The molecule has 3 heterocycles. The van der Waals surface area contributed by atoms with Gasteiger partial charge in [0, 0.05) is 25.2 Å². The summed E-state index contributed by atoms with van der Waals surface area (Å²) in [5.41, 5.74) is 5.89. The molecule has 3 atom stereocenters. The van der Waals surface area contributed by atoms with Crippen LogP contribution in [0.2, 0.25) is 0 Å². The van der Waals surface area contributed by atoms with Gasteiger partial charge in [0.1, 0.15) is 29.8 Å². The smallest absolute Gasteiger partial charge is 0.267 e. The van der Waals surface area contributed by atoms with Crippen LogP contribution in [-0.2, 0) is 4.79 Å². The quantitative estimate of drug-likeness (QED) is 0.822. The average molecular weight is 414 g/mol. The molecule has 4 rings (SSSR count). The molecule has 10 heteroatoms. The van der Waals surface area contributed by atoms with Gasteiger partial charge in [0.05, 0.1) is 18.5 Å². The van der Waals surface area contributed by atoms with Crippen LogP contribution in [0.3, 0.4) is 0 Å². The van der Waals surface area contributed by atoms with Crippen LogP contribution in [0.15, 0.2) is 41.8 Å². The normalized spacial score (nSPS) is 23.6. The number of amides is 2. The number of anilines is 1. The van der Waals surface area contributed by atoms with E-state index in [4.69, 9.17) is 5.73 Å². The Balaban J connectivity index is 1.47. The second kappa shape index (κ2) is 8.13. The van der Waals surface area contributed by atoms with Gasteiger partial charge in [-0.2, -0.15) is 5.10 Å². The summed E-state index contributed by atoms with van der Waals surface area (Å²) < 4.78 is 28.6. The van der Waals surface area contributed by atoms with Crippen molar-refractivity contribution in [3.05, 3.63) is 53.7 Å². The van der Waals surface area contributed by atoms with Crippen molar-refractivity contribution in [2.24, 2.45) is 16.8 Å². The van der Waals surface area contributed by atoms with Crippen molar-refractivity contribution >= 4 is 23.8 Å². The zero-order chi connectivity index (χ0) is 21.3. The summed E-state index contributed by atoms with van der Waals surface area (Å²) in [6.45, 7) is 0.308. The number of hydrazone groups is 1. The van der Waals surface area contributed by atoms with Gasteiger partial charge in [0.15, 0.2) is 0 Å². The highest BCUT2D eigenvalue weighted by Crippen LogP contribution is 2.33. The SMILES string of the molecule is NC(=O)c1cc(N2CC[C@H](C(=O)N3N=CC[C@@H]3c3cccc(F)c3)[C@H](F)C2)ncn1. The molecule has 2 aliphatic rings. The Morgan fingerprint density at radius 2 is 2.03 bits per heavy atom. The van der Waals surface area contributed by atoms with E-state index in [2.05, 4.69) is 15.1 Å². The monoisotopic (exact) mass is 414 g/mol. The number of nitrogens with two attached hydrogens (primary N) is 1. The number of carbonyl (C=O) groups is 2. The first-order valence-electron chi connectivity index (χ1n) is 9.56. The molecule has 1 aromatic heterocycles. The third-order valence-electron chi connectivity index (χ3n) is 5.38. The first kappa shape index (κ1) is 19.9. The molecule has 2 aromatic rings. The Morgan fingerprint density at radius 1 is 1.20 bits per heavy atom. The molecule has 0 unspecified atom stereocenters. The lowest BCUT2D eigenvalue weighted by Crippen LogP contribution is -2.48. The standard InChI is InChI=1S/C20H20F2N6O2/c21-13-3-1-2-12(8-13)17-4-6-26-28(17)20(30)14-5-7-27(10-15(14)22)18-9-16(19(23)29)24-11-25-18/h1-3,6,8-9,11,14-15,17H,4-5,7,10H2,(H2,23,29)/t14-,15+,17+/m0/s1. The number of rotatable bonds is 4. The summed E-state index contributed by atoms with van der Waals surface area (Å²) in [6, 6.07) is 6.95. The summed E-state index contributed by atoms with van der Waals surface area (Å²) in [4.78, 5) is 33.9. The predicted octanol–water partition coefficient (Wildman–Crippen LogP) is 1.84. The molecule has 0 radical (unpaired) electrons. The van der Waals surface area contributed by atoms with Crippen molar-refractivity contribution in [1.82, 2.24) is 15.0 Å². The number of alkyl halides is 1. The second-order valence-electron chi connectivity index (χ2n) is 7.27. The van der Waals surface area contributed by atoms with Crippen LogP contribution in [-0.4, -0.2) is 52.3 Å². The zero-order valence-corrected chi connectivity index (χ0v) is 16.0. The molecule has 1 fully saturated rings. The van der Waals surface area contributed by atoms with Gasteiger partial charge in [-0.25, -0.2) is 23.8 Å². The first-order chi connectivity index (χ1) is 14.4. The minimum Gasteiger partial charge on any atom is -0.364 e.